The summed E-state index contributed by atoms with van der Waals surface area (Å²) in [5.41, 5.74) is 2.41. The maximum absolute atomic E-state index is 14.3. The lowest BCUT2D eigenvalue weighted by Gasteiger charge is -2.38. The number of carbonyl (C=O) groups excluding carboxylic acids is 1. The van der Waals surface area contributed by atoms with Gasteiger partial charge in [-0.15, -0.1) is 0 Å². The second kappa shape index (κ2) is 7.15. The zero-order chi connectivity index (χ0) is 20.0. The number of fused-ring (bicyclic) bond motifs is 2. The summed E-state index contributed by atoms with van der Waals surface area (Å²) in [5.74, 6) is 0.246. The van der Waals surface area contributed by atoms with Gasteiger partial charge in [-0.3, -0.25) is 9.69 Å². The molecule has 0 saturated carbocycles. The Balaban J connectivity index is 1.29. The van der Waals surface area contributed by atoms with E-state index in [2.05, 4.69) is 25.1 Å². The first-order valence-corrected chi connectivity index (χ1v) is 10.1. The van der Waals surface area contributed by atoms with Gasteiger partial charge in [0, 0.05) is 48.6 Å². The van der Waals surface area contributed by atoms with E-state index in [1.807, 2.05) is 13.0 Å². The molecule has 1 aromatic carbocycles. The van der Waals surface area contributed by atoms with Gasteiger partial charge in [-0.05, 0) is 56.6 Å². The third-order valence-corrected chi connectivity index (χ3v) is 6.00. The molecule has 0 radical (unpaired) electrons. The summed E-state index contributed by atoms with van der Waals surface area (Å²) in [6.45, 7) is 6.11. The van der Waals surface area contributed by atoms with Crippen LogP contribution in [0.3, 0.4) is 0 Å². The van der Waals surface area contributed by atoms with Crippen molar-refractivity contribution in [3.05, 3.63) is 53.6 Å². The number of aromatic nitrogens is 2. The van der Waals surface area contributed by atoms with Gasteiger partial charge in [-0.1, -0.05) is 0 Å². The maximum atomic E-state index is 14.3. The second-order valence-electron chi connectivity index (χ2n) is 8.01. The fourth-order valence-electron chi connectivity index (χ4n) is 4.52. The monoisotopic (exact) mass is 393 g/mol. The summed E-state index contributed by atoms with van der Waals surface area (Å²) >= 11 is 0. The molecular weight excluding hydrogens is 369 g/mol. The van der Waals surface area contributed by atoms with Gasteiger partial charge in [0.15, 0.2) is 0 Å². The molecule has 6 nitrogen and oxygen atoms in total. The van der Waals surface area contributed by atoms with Crippen molar-refractivity contribution in [2.45, 2.75) is 25.8 Å². The number of piperazine rings is 1. The first kappa shape index (κ1) is 18.1. The van der Waals surface area contributed by atoms with Gasteiger partial charge in [0.2, 0.25) is 0 Å². The summed E-state index contributed by atoms with van der Waals surface area (Å²) in [7, 11) is 0. The molecule has 0 aliphatic carbocycles. The van der Waals surface area contributed by atoms with Gasteiger partial charge in [0.25, 0.3) is 5.91 Å². The van der Waals surface area contributed by atoms with Gasteiger partial charge in [0.1, 0.15) is 11.6 Å². The average molecular weight is 393 g/mol. The van der Waals surface area contributed by atoms with Gasteiger partial charge < -0.3 is 15.2 Å². The van der Waals surface area contributed by atoms with E-state index in [9.17, 15) is 9.18 Å². The lowest BCUT2D eigenvalue weighted by Crippen LogP contribution is -2.50. The van der Waals surface area contributed by atoms with Gasteiger partial charge >= 0.3 is 0 Å². The van der Waals surface area contributed by atoms with Crippen LogP contribution in [0.2, 0.25) is 0 Å². The predicted octanol–water partition coefficient (Wildman–Crippen LogP) is 3.55. The van der Waals surface area contributed by atoms with Crippen LogP contribution >= 0.6 is 0 Å². The molecule has 2 aliphatic rings. The molecule has 29 heavy (non-hydrogen) atoms. The van der Waals surface area contributed by atoms with Crippen molar-refractivity contribution in [3.8, 4) is 0 Å². The van der Waals surface area contributed by atoms with Crippen molar-refractivity contribution < 1.29 is 9.18 Å². The van der Waals surface area contributed by atoms with Crippen molar-refractivity contribution in [3.63, 3.8) is 0 Å². The van der Waals surface area contributed by atoms with Crippen LogP contribution in [0, 0.1) is 12.7 Å². The number of nitrogens with one attached hydrogen (secondary N) is 2. The maximum Gasteiger partial charge on any atom is 0.257 e. The van der Waals surface area contributed by atoms with Crippen molar-refractivity contribution in [1.82, 2.24) is 14.9 Å². The molecule has 1 amide bonds. The number of rotatable bonds is 3. The Hall–Kier alpha value is -2.93. The molecule has 2 aliphatic heterocycles. The third-order valence-electron chi connectivity index (χ3n) is 6.00. The number of carbonyl (C=O) groups is 1. The van der Waals surface area contributed by atoms with Crippen LogP contribution in [0.5, 0.6) is 0 Å². The molecule has 2 N–H and O–H groups in total. The van der Waals surface area contributed by atoms with E-state index >= 15 is 0 Å². The minimum atomic E-state index is -0.360. The number of anilines is 2. The fourth-order valence-corrected chi connectivity index (χ4v) is 4.52. The Bertz CT molecular complexity index is 1060. The fraction of sp³-hybridized carbons (Fsp3) is 0.364. The highest BCUT2D eigenvalue weighted by molar-refractivity contribution is 6.05. The first-order chi connectivity index (χ1) is 14.1. The van der Waals surface area contributed by atoms with Crippen LogP contribution in [0.4, 0.5) is 15.9 Å². The quantitative estimate of drug-likeness (QED) is 0.714. The van der Waals surface area contributed by atoms with Gasteiger partial charge in [-0.2, -0.15) is 0 Å². The molecule has 4 heterocycles. The molecule has 0 spiro atoms. The van der Waals surface area contributed by atoms with E-state index in [1.165, 1.54) is 25.5 Å². The number of benzene rings is 1. The number of halogens is 1. The molecule has 150 valence electrons. The summed E-state index contributed by atoms with van der Waals surface area (Å²) in [6, 6.07) is 9.15. The largest absolute Gasteiger partial charge is 0.359 e. The molecular formula is C22H24FN5O. The summed E-state index contributed by atoms with van der Waals surface area (Å²) < 4.78 is 14.3. The van der Waals surface area contributed by atoms with Crippen molar-refractivity contribution in [2.75, 3.05) is 36.4 Å². The van der Waals surface area contributed by atoms with Crippen LogP contribution in [0.15, 0.2) is 36.5 Å². The Labute approximate surface area is 168 Å². The number of hydrogen-bond acceptors (Lipinski definition) is 4. The van der Waals surface area contributed by atoms with Crippen LogP contribution in [-0.4, -0.2) is 53.0 Å². The van der Waals surface area contributed by atoms with Gasteiger partial charge in [0.05, 0.1) is 11.1 Å². The summed E-state index contributed by atoms with van der Waals surface area (Å²) in [5, 5.41) is 3.29. The molecule has 5 rings (SSSR count). The minimum absolute atomic E-state index is 0.299. The zero-order valence-corrected chi connectivity index (χ0v) is 16.4. The lowest BCUT2D eigenvalue weighted by atomic mass is 10.1. The number of aryl methyl sites for hydroxylation is 1. The highest BCUT2D eigenvalue weighted by Gasteiger charge is 2.30. The lowest BCUT2D eigenvalue weighted by molar-refractivity contribution is 0.102. The number of H-pyrrole nitrogens is 1. The molecule has 3 aromatic rings. The van der Waals surface area contributed by atoms with Gasteiger partial charge in [-0.25, -0.2) is 9.37 Å². The Kier molecular flexibility index (Phi) is 4.47. The summed E-state index contributed by atoms with van der Waals surface area (Å²) in [4.78, 5) is 25.1. The average Bonchev–Trinajstić information content (AvgIpc) is 3.33. The summed E-state index contributed by atoms with van der Waals surface area (Å²) in [6.07, 6.45) is 4.12. The van der Waals surface area contributed by atoms with E-state index in [0.29, 0.717) is 28.2 Å². The smallest absolute Gasteiger partial charge is 0.257 e. The number of amides is 1. The third kappa shape index (κ3) is 3.46. The predicted molar refractivity (Wildman–Crippen MR) is 112 cm³/mol. The van der Waals surface area contributed by atoms with Crippen LogP contribution in [0.25, 0.3) is 10.9 Å². The van der Waals surface area contributed by atoms with Crippen molar-refractivity contribution in [2.24, 2.45) is 0 Å². The molecule has 7 heteroatoms. The van der Waals surface area contributed by atoms with E-state index in [-0.39, 0.29) is 11.7 Å². The number of nitrogens with zero attached hydrogens (tertiary/aromatic N) is 3. The molecule has 0 unspecified atom stereocenters. The standard InChI is InChI=1S/C22H24FN5O/c1-14-9-18-19(23)10-16(11-20(18)25-14)26-22(29)15-4-5-21(24-12-15)28-8-7-27-6-2-3-17(27)13-28/h4-5,9-12,17,25H,2-3,6-8,13H2,1H3,(H,26,29)/t17-/m0/s1. The normalized spacial score (nSPS) is 19.5. The molecule has 2 fully saturated rings. The highest BCUT2D eigenvalue weighted by Crippen LogP contribution is 2.26. The Morgan fingerprint density at radius 3 is 2.97 bits per heavy atom. The number of pyridine rings is 1. The SMILES string of the molecule is Cc1cc2c(F)cc(NC(=O)c3ccc(N4CCN5CCC[C@H]5C4)nc3)cc2[nH]1. The second-order valence-corrected chi connectivity index (χ2v) is 8.01. The Morgan fingerprint density at radius 1 is 1.24 bits per heavy atom. The Morgan fingerprint density at radius 2 is 2.14 bits per heavy atom. The van der Waals surface area contributed by atoms with Crippen molar-refractivity contribution in [1.29, 1.82) is 0 Å². The number of aromatic amines is 1. The van der Waals surface area contributed by atoms with E-state index < -0.39 is 0 Å². The topological polar surface area (TPSA) is 64.3 Å². The van der Waals surface area contributed by atoms with Crippen LogP contribution in [0.1, 0.15) is 28.9 Å². The first-order valence-electron chi connectivity index (χ1n) is 10.1. The highest BCUT2D eigenvalue weighted by atomic mass is 19.1. The molecule has 2 aromatic heterocycles. The van der Waals surface area contributed by atoms with E-state index in [0.717, 1.165) is 31.1 Å². The van der Waals surface area contributed by atoms with E-state index in [1.54, 1.807) is 24.4 Å². The van der Waals surface area contributed by atoms with Crippen molar-refractivity contribution >= 4 is 28.3 Å². The van der Waals surface area contributed by atoms with E-state index in [4.69, 9.17) is 0 Å². The molecule has 1 atom stereocenters. The molecule has 0 bridgehead atoms. The molecule has 2 saturated heterocycles. The number of hydrogen-bond donors (Lipinski definition) is 2. The zero-order valence-electron chi connectivity index (χ0n) is 16.4. The van der Waals surface area contributed by atoms with Crippen LogP contribution < -0.4 is 10.2 Å². The van der Waals surface area contributed by atoms with Crippen LogP contribution in [-0.2, 0) is 0 Å². The minimum Gasteiger partial charge on any atom is -0.359 e.